The number of primary amides is 1. The van der Waals surface area contributed by atoms with Crippen molar-refractivity contribution in [1.29, 1.82) is 0 Å². The minimum atomic E-state index is -1.74. The number of pyridine rings is 1. The molecule has 0 fully saturated rings. The number of amides is 10. The number of thiazole rings is 2. The fourth-order valence-electron chi connectivity index (χ4n) is 7.34. The number of aryl methyl sites for hydroxylation is 2. The van der Waals surface area contributed by atoms with Gasteiger partial charge in [0.05, 0.1) is 40.7 Å². The van der Waals surface area contributed by atoms with Crippen LogP contribution in [0.4, 0.5) is 0 Å². The number of carbonyl (C=O) groups is 10. The van der Waals surface area contributed by atoms with E-state index in [2.05, 4.69) is 105 Å². The number of carbonyl (C=O) groups excluding carboxylic acids is 10. The minimum absolute atomic E-state index is 0.00328. The van der Waals surface area contributed by atoms with Gasteiger partial charge in [-0.2, -0.15) is 0 Å². The van der Waals surface area contributed by atoms with E-state index >= 15 is 0 Å². The van der Waals surface area contributed by atoms with Gasteiger partial charge in [-0.05, 0) is 52.8 Å². The zero-order valence-electron chi connectivity index (χ0n) is 47.1. The van der Waals surface area contributed by atoms with Crippen molar-refractivity contribution < 1.29 is 76.1 Å². The molecule has 34 heteroatoms. The fraction of sp³-hybridized carbons (Fsp3) is 0.185. The van der Waals surface area contributed by atoms with Gasteiger partial charge in [-0.15, -0.1) is 22.7 Å². The summed E-state index contributed by atoms with van der Waals surface area (Å²) in [5.74, 6) is -11.1. The van der Waals surface area contributed by atoms with E-state index in [0.717, 1.165) is 35.0 Å². The third kappa shape index (κ3) is 15.0. The topological polar surface area (TPSA) is 471 Å². The average molecular weight is 1250 g/mol. The molecule has 32 nitrogen and oxygen atoms in total. The van der Waals surface area contributed by atoms with E-state index < -0.39 is 112 Å². The van der Waals surface area contributed by atoms with E-state index in [4.69, 9.17) is 23.7 Å². The van der Waals surface area contributed by atoms with Crippen LogP contribution in [0.3, 0.4) is 0 Å². The maximum absolute atomic E-state index is 14.0. The molecule has 6 aromatic rings. The second-order valence-electron chi connectivity index (χ2n) is 18.4. The van der Waals surface area contributed by atoms with Gasteiger partial charge in [0.15, 0.2) is 17.6 Å². The number of oxazole rings is 3. The minimum Gasteiger partial charge on any atom is -0.443 e. The third-order valence-corrected chi connectivity index (χ3v) is 13.5. The molecule has 10 amide bonds. The number of rotatable bonds is 10. The van der Waals surface area contributed by atoms with Crippen LogP contribution in [0.2, 0.25) is 0 Å². The lowest BCUT2D eigenvalue weighted by molar-refractivity contribution is -0.124. The lowest BCUT2D eigenvalue weighted by Gasteiger charge is -2.21. The number of aliphatic hydroxyl groups excluding tert-OH is 2. The number of hydrogen-bond donors (Lipinski definition) is 12. The highest BCUT2D eigenvalue weighted by Gasteiger charge is 2.32. The van der Waals surface area contributed by atoms with Gasteiger partial charge < -0.3 is 81.8 Å². The summed E-state index contributed by atoms with van der Waals surface area (Å²) < 4.78 is 22.7. The van der Waals surface area contributed by atoms with Gasteiger partial charge in [-0.3, -0.25) is 47.9 Å². The predicted molar refractivity (Wildman–Crippen MR) is 309 cm³/mol. The highest BCUT2D eigenvalue weighted by molar-refractivity contribution is 7.13. The van der Waals surface area contributed by atoms with Crippen molar-refractivity contribution in [3.63, 3.8) is 0 Å². The fourth-order valence-corrected chi connectivity index (χ4v) is 8.98. The van der Waals surface area contributed by atoms with E-state index in [1.807, 2.05) is 5.32 Å². The molecule has 4 atom stereocenters. The highest BCUT2D eigenvalue weighted by atomic mass is 32.1. The molecule has 1 aliphatic rings. The zero-order chi connectivity index (χ0) is 64.6. The van der Waals surface area contributed by atoms with Crippen LogP contribution in [-0.4, -0.2) is 125 Å². The molecule has 88 heavy (non-hydrogen) atoms. The van der Waals surface area contributed by atoms with Crippen molar-refractivity contribution in [2.75, 3.05) is 7.11 Å². The molecule has 10 bridgehead atoms. The molecule has 456 valence electrons. The monoisotopic (exact) mass is 1240 g/mol. The molecule has 7 rings (SSSR count). The largest absolute Gasteiger partial charge is 0.443 e. The number of allylic oxidation sites excluding steroid dienone is 1. The second-order valence-corrected chi connectivity index (χ2v) is 20.1. The number of aliphatic hydroxyl groups is 2. The summed E-state index contributed by atoms with van der Waals surface area (Å²) >= 11 is 1.80. The van der Waals surface area contributed by atoms with Crippen molar-refractivity contribution in [2.45, 2.75) is 59.1 Å². The SMILES string of the molecule is C=C(NC(=O)C(=C)NC(=O)C(=C)NC(=O)c1ccc2c(n1)-c1coc(n1)C(=C)NC(=O)C(=C)NC(=O)c1nc(oc1C)/C(=C/C)NC(=O)c1csc(n1)[C@@H](OC)NC(=O)c1nc(oc1C)/C(=C/C(C)O)NC(=O)[C@H]([C@@H](C)O)NC(=O)c1csc-2n1)C(N)=O. The predicted octanol–water partition coefficient (Wildman–Crippen LogP) is 1.13. The summed E-state index contributed by atoms with van der Waals surface area (Å²) in [4.78, 5) is 159. The van der Waals surface area contributed by atoms with Crippen molar-refractivity contribution in [3.05, 3.63) is 160 Å². The first-order valence-corrected chi connectivity index (χ1v) is 27.0. The number of nitrogens with zero attached hydrogens (tertiary/aromatic N) is 6. The van der Waals surface area contributed by atoms with E-state index in [1.165, 1.54) is 63.8 Å². The van der Waals surface area contributed by atoms with Crippen LogP contribution in [-0.2, 0) is 28.7 Å². The highest BCUT2D eigenvalue weighted by Crippen LogP contribution is 2.34. The van der Waals surface area contributed by atoms with Crippen LogP contribution in [0.15, 0.2) is 110 Å². The first-order chi connectivity index (χ1) is 41.6. The van der Waals surface area contributed by atoms with Crippen molar-refractivity contribution >= 4 is 98.8 Å². The van der Waals surface area contributed by atoms with Crippen LogP contribution in [0.25, 0.3) is 39.1 Å². The molecule has 13 N–H and O–H groups in total. The van der Waals surface area contributed by atoms with Gasteiger partial charge >= 0.3 is 0 Å². The van der Waals surface area contributed by atoms with E-state index in [-0.39, 0.29) is 96.0 Å². The molecule has 0 aromatic carbocycles. The van der Waals surface area contributed by atoms with Gasteiger partial charge in [0, 0.05) is 23.4 Å². The Morgan fingerprint density at radius 2 is 1.28 bits per heavy atom. The third-order valence-electron chi connectivity index (χ3n) is 11.8. The number of methoxy groups -OCH3 is 1. The van der Waals surface area contributed by atoms with Gasteiger partial charge in [0.25, 0.3) is 53.2 Å². The smallest absolute Gasteiger partial charge is 0.278 e. The summed E-state index contributed by atoms with van der Waals surface area (Å²) in [6.07, 6.45) is -0.570. The summed E-state index contributed by atoms with van der Waals surface area (Å²) in [7, 11) is 1.25. The van der Waals surface area contributed by atoms with E-state index in [9.17, 15) is 58.2 Å². The Morgan fingerprint density at radius 3 is 1.91 bits per heavy atom. The molecule has 7 heterocycles. The Labute approximate surface area is 504 Å². The van der Waals surface area contributed by atoms with Crippen molar-refractivity contribution in [2.24, 2.45) is 5.73 Å². The standard InChI is InChI=1S/C54H52N16O16S2/c1-12-29-50-68-36(26(9)85-50)47(81)59-23(6)42(76)60-24(7)49-64-32(16-84-49)38-28(13-14-30(61-38)43(77)58-22(5)41(75)57-21(4)40(74)56-20(3)39(55)73)53-65-34(17-87-53)45(79)67-35(25(8)72)46(80)63-31(15-19(2)71)51-69-37(27(10)86-51)48(82)70-52(83-11)54-66-33(18-88-54)44(78)62-29/h12-19,25,35,52,71-72H,3-7H2,1-2,8-11H3,(H2,55,73)(H,56,74)(H,57,75)(H,58,77)(H,59,81)(H,60,76)(H,62,78)(H,63,80)(H,67,79)(H,70,82)/b29-12-,31-15-/t19?,25-,35+,52-/m1/s1. The Kier molecular flexibility index (Phi) is 19.9. The molecule has 0 aliphatic carbocycles. The molecule has 6 aromatic heterocycles. The zero-order valence-corrected chi connectivity index (χ0v) is 48.7. The number of nitrogens with one attached hydrogen (secondary N) is 9. The first kappa shape index (κ1) is 64.4. The van der Waals surface area contributed by atoms with Crippen molar-refractivity contribution in [1.82, 2.24) is 77.8 Å². The molecule has 1 unspecified atom stereocenters. The molecular formula is C54H52N16O16S2. The first-order valence-electron chi connectivity index (χ1n) is 25.2. The molecule has 0 radical (unpaired) electrons. The second kappa shape index (κ2) is 27.2. The molecule has 1 aliphatic heterocycles. The number of ether oxygens (including phenoxy) is 1. The van der Waals surface area contributed by atoms with Crippen LogP contribution >= 0.6 is 22.7 Å². The number of nitrogens with two attached hydrogens (primary N) is 1. The van der Waals surface area contributed by atoms with Gasteiger partial charge in [0.2, 0.25) is 23.6 Å². The van der Waals surface area contributed by atoms with Crippen LogP contribution in [0, 0.1) is 13.8 Å². The summed E-state index contributed by atoms with van der Waals surface area (Å²) in [5.41, 5.74) is 0.510. The maximum atomic E-state index is 14.0. The Bertz CT molecular complexity index is 4030. The summed E-state index contributed by atoms with van der Waals surface area (Å²) in [6, 6.07) is 0.772. The van der Waals surface area contributed by atoms with Crippen LogP contribution in [0.1, 0.15) is 114 Å². The number of aromatic nitrogens is 6. The number of hydrogen-bond acceptors (Lipinski definition) is 24. The molecule has 0 spiro atoms. The van der Waals surface area contributed by atoms with Gasteiger partial charge in [-0.1, -0.05) is 39.0 Å². The molecular weight excluding hydrogens is 1190 g/mol. The lowest BCUT2D eigenvalue weighted by Crippen LogP contribution is -2.52. The van der Waals surface area contributed by atoms with Crippen molar-refractivity contribution in [3.8, 4) is 22.0 Å². The Hall–Kier alpha value is -11.2. The van der Waals surface area contributed by atoms with Gasteiger partial charge in [-0.25, -0.2) is 29.9 Å². The average Bonchev–Trinajstić information content (AvgIpc) is 2.95. The molecule has 0 saturated heterocycles. The number of fused-ring (bicyclic) bond motifs is 13. The van der Waals surface area contributed by atoms with E-state index in [0.29, 0.717) is 0 Å². The summed E-state index contributed by atoms with van der Waals surface area (Å²) in [5, 5.41) is 45.2. The van der Waals surface area contributed by atoms with E-state index in [1.54, 1.807) is 6.92 Å². The quantitative estimate of drug-likeness (QED) is 0.0855. The Morgan fingerprint density at radius 1 is 0.682 bits per heavy atom. The summed E-state index contributed by atoms with van der Waals surface area (Å²) in [6.45, 7) is 24.5. The van der Waals surface area contributed by atoms with Crippen LogP contribution in [0.5, 0.6) is 0 Å². The van der Waals surface area contributed by atoms with Crippen LogP contribution < -0.4 is 53.6 Å². The maximum Gasteiger partial charge on any atom is 0.278 e. The normalized spacial score (nSPS) is 17.0. The molecule has 0 saturated carbocycles. The lowest BCUT2D eigenvalue weighted by atomic mass is 10.1. The Balaban J connectivity index is 1.23. The van der Waals surface area contributed by atoms with Gasteiger partial charge in [0.1, 0.15) is 73.7 Å².